The summed E-state index contributed by atoms with van der Waals surface area (Å²) < 4.78 is 39.0. The second-order valence-electron chi connectivity index (χ2n) is 6.18. The first kappa shape index (κ1) is 20.2. The number of amides is 1. The second kappa shape index (κ2) is 7.67. The van der Waals surface area contributed by atoms with Gasteiger partial charge >= 0.3 is 6.18 Å². The van der Waals surface area contributed by atoms with Crippen LogP contribution < -0.4 is 10.9 Å². The van der Waals surface area contributed by atoms with Gasteiger partial charge in [0.2, 0.25) is 0 Å². The third-order valence-corrected chi connectivity index (χ3v) is 4.29. The summed E-state index contributed by atoms with van der Waals surface area (Å²) in [6, 6.07) is 1.43. The Labute approximate surface area is 153 Å². The smallest absolute Gasteiger partial charge is 0.332 e. The molecule has 1 fully saturated rings. The Morgan fingerprint density at radius 1 is 1.38 bits per heavy atom. The third kappa shape index (κ3) is 4.18. The molecule has 0 aromatic carbocycles. The molecule has 1 amide bonds. The highest BCUT2D eigenvalue weighted by atomic mass is 35.5. The van der Waals surface area contributed by atoms with Gasteiger partial charge in [0.15, 0.2) is 0 Å². The van der Waals surface area contributed by atoms with Crippen molar-refractivity contribution in [1.82, 2.24) is 24.8 Å². The molecule has 1 aliphatic heterocycles. The third-order valence-electron chi connectivity index (χ3n) is 4.29. The van der Waals surface area contributed by atoms with Gasteiger partial charge in [0.25, 0.3) is 11.5 Å². The van der Waals surface area contributed by atoms with E-state index in [1.807, 2.05) is 0 Å². The summed E-state index contributed by atoms with van der Waals surface area (Å²) in [5.74, 6) is -0.743. The summed E-state index contributed by atoms with van der Waals surface area (Å²) in [5, 5.41) is 7.36. The average Bonchev–Trinajstić information content (AvgIpc) is 2.96. The predicted octanol–water partition coefficient (Wildman–Crippen LogP) is 1.55. The number of halogens is 4. The van der Waals surface area contributed by atoms with Crippen LogP contribution in [0.25, 0.3) is 5.65 Å². The summed E-state index contributed by atoms with van der Waals surface area (Å²) >= 11 is 0. The van der Waals surface area contributed by atoms with E-state index in [2.05, 4.69) is 15.4 Å². The lowest BCUT2D eigenvalue weighted by Gasteiger charge is -2.23. The van der Waals surface area contributed by atoms with Crippen molar-refractivity contribution in [2.24, 2.45) is 0 Å². The normalized spacial score (nSPS) is 15.7. The summed E-state index contributed by atoms with van der Waals surface area (Å²) in [4.78, 5) is 27.4. The molecular weight excluding hydrogens is 375 g/mol. The number of hydrogen-bond donors (Lipinski definition) is 2. The zero-order chi connectivity index (χ0) is 18.2. The molecule has 26 heavy (non-hydrogen) atoms. The molecule has 0 saturated carbocycles. The summed E-state index contributed by atoms with van der Waals surface area (Å²) in [7, 11) is 1.06. The number of carbonyl (C=O) groups excluding carboxylic acids is 1. The molecule has 0 spiro atoms. The van der Waals surface area contributed by atoms with Crippen molar-refractivity contribution >= 4 is 24.0 Å². The highest BCUT2D eigenvalue weighted by molar-refractivity contribution is 5.99. The number of aromatic nitrogens is 3. The first-order valence-electron chi connectivity index (χ1n) is 7.90. The number of carbonyl (C=O) groups is 1. The van der Waals surface area contributed by atoms with E-state index in [1.54, 1.807) is 0 Å². The van der Waals surface area contributed by atoms with Gasteiger partial charge in [-0.2, -0.15) is 18.3 Å². The van der Waals surface area contributed by atoms with E-state index >= 15 is 0 Å². The maximum Gasteiger partial charge on any atom is 0.406 e. The molecule has 0 radical (unpaired) electrons. The van der Waals surface area contributed by atoms with Crippen LogP contribution in [0.1, 0.15) is 34.8 Å². The first-order chi connectivity index (χ1) is 11.8. The number of hydrogen-bond acceptors (Lipinski definition) is 4. The van der Waals surface area contributed by atoms with Crippen LogP contribution in [0.2, 0.25) is 0 Å². The fraction of sp³-hybridized carbons (Fsp3) is 0.533. The van der Waals surface area contributed by atoms with E-state index in [4.69, 9.17) is 0 Å². The van der Waals surface area contributed by atoms with Gasteiger partial charge in [-0.15, -0.1) is 12.4 Å². The molecule has 11 heteroatoms. The van der Waals surface area contributed by atoms with E-state index in [9.17, 15) is 22.8 Å². The second-order valence-corrected chi connectivity index (χ2v) is 6.18. The number of nitrogens with one attached hydrogen (secondary N) is 2. The standard InChI is InChI=1S/C15H18F3N5O2.ClH/c1-22(8-15(16,17)18)14(25)10-7-20-23-11(6-12(24)21-13(10)23)9-2-4-19-5-3-9;/h6-7,9,19H,2-5,8H2,1H3,(H,21,24);1H. The van der Waals surface area contributed by atoms with E-state index in [0.29, 0.717) is 10.6 Å². The van der Waals surface area contributed by atoms with Crippen molar-refractivity contribution < 1.29 is 18.0 Å². The van der Waals surface area contributed by atoms with Crippen molar-refractivity contribution in [2.45, 2.75) is 24.9 Å². The molecule has 2 N–H and O–H groups in total. The van der Waals surface area contributed by atoms with Crippen molar-refractivity contribution in [3.8, 4) is 0 Å². The topological polar surface area (TPSA) is 82.5 Å². The van der Waals surface area contributed by atoms with Crippen LogP contribution >= 0.6 is 12.4 Å². The quantitative estimate of drug-likeness (QED) is 0.828. The molecule has 2 aromatic heterocycles. The van der Waals surface area contributed by atoms with Gasteiger partial charge in [0.05, 0.1) is 11.9 Å². The molecule has 0 bridgehead atoms. The molecule has 144 valence electrons. The SMILES string of the molecule is CN(CC(F)(F)F)C(=O)c1cnn2c(C3CCNCC3)cc(=O)[nH]c12.Cl. The molecule has 3 heterocycles. The number of aromatic amines is 1. The lowest BCUT2D eigenvalue weighted by atomic mass is 9.94. The van der Waals surface area contributed by atoms with Crippen molar-refractivity contribution in [3.63, 3.8) is 0 Å². The van der Waals surface area contributed by atoms with Crippen LogP contribution in [-0.4, -0.2) is 58.3 Å². The zero-order valence-electron chi connectivity index (χ0n) is 14.0. The van der Waals surface area contributed by atoms with Crippen LogP contribution in [0.3, 0.4) is 0 Å². The highest BCUT2D eigenvalue weighted by Crippen LogP contribution is 2.25. The lowest BCUT2D eigenvalue weighted by molar-refractivity contribution is -0.138. The fourth-order valence-corrected chi connectivity index (χ4v) is 3.12. The summed E-state index contributed by atoms with van der Waals surface area (Å²) in [5.41, 5.74) is 0.325. The molecule has 7 nitrogen and oxygen atoms in total. The maximum absolute atomic E-state index is 12.5. The van der Waals surface area contributed by atoms with Gasteiger partial charge in [-0.05, 0) is 25.9 Å². The molecular formula is C15H19ClF3N5O2. The average molecular weight is 394 g/mol. The number of piperidine rings is 1. The number of rotatable bonds is 3. The van der Waals surface area contributed by atoms with Gasteiger partial charge < -0.3 is 15.2 Å². The molecule has 3 rings (SSSR count). The van der Waals surface area contributed by atoms with Crippen LogP contribution in [0.4, 0.5) is 13.2 Å². The van der Waals surface area contributed by atoms with Crippen LogP contribution in [0, 0.1) is 0 Å². The molecule has 0 aliphatic carbocycles. The minimum atomic E-state index is -4.50. The van der Waals surface area contributed by atoms with Gasteiger partial charge in [-0.25, -0.2) is 4.52 Å². The molecule has 2 aromatic rings. The molecule has 0 atom stereocenters. The van der Waals surface area contributed by atoms with Crippen LogP contribution in [0.5, 0.6) is 0 Å². The Hall–Kier alpha value is -2.07. The monoisotopic (exact) mass is 393 g/mol. The van der Waals surface area contributed by atoms with E-state index in [1.165, 1.54) is 16.8 Å². The summed E-state index contributed by atoms with van der Waals surface area (Å²) in [6.45, 7) is 0.238. The van der Waals surface area contributed by atoms with Crippen molar-refractivity contribution in [2.75, 3.05) is 26.7 Å². The highest BCUT2D eigenvalue weighted by Gasteiger charge is 2.32. The van der Waals surface area contributed by atoms with Crippen LogP contribution in [0.15, 0.2) is 17.1 Å². The Kier molecular flexibility index (Phi) is 5.97. The number of nitrogens with zero attached hydrogens (tertiary/aromatic N) is 3. The zero-order valence-corrected chi connectivity index (χ0v) is 14.8. The van der Waals surface area contributed by atoms with E-state index in [-0.39, 0.29) is 29.5 Å². The van der Waals surface area contributed by atoms with Gasteiger partial charge in [0.1, 0.15) is 17.8 Å². The Morgan fingerprint density at radius 3 is 2.65 bits per heavy atom. The Bertz CT molecular complexity index is 842. The Balaban J connectivity index is 0.00000243. The molecule has 0 unspecified atom stereocenters. The van der Waals surface area contributed by atoms with E-state index < -0.39 is 24.2 Å². The minimum Gasteiger partial charge on any atom is -0.332 e. The maximum atomic E-state index is 12.5. The van der Waals surface area contributed by atoms with Gasteiger partial charge in [-0.3, -0.25) is 9.59 Å². The van der Waals surface area contributed by atoms with E-state index in [0.717, 1.165) is 33.0 Å². The summed E-state index contributed by atoms with van der Waals surface area (Å²) in [6.07, 6.45) is -1.67. The van der Waals surface area contributed by atoms with Crippen molar-refractivity contribution in [1.29, 1.82) is 0 Å². The first-order valence-corrected chi connectivity index (χ1v) is 7.90. The number of H-pyrrole nitrogens is 1. The lowest BCUT2D eigenvalue weighted by Crippen LogP contribution is -2.36. The van der Waals surface area contributed by atoms with Crippen LogP contribution in [-0.2, 0) is 0 Å². The fourth-order valence-electron chi connectivity index (χ4n) is 3.12. The molecule has 1 aliphatic rings. The minimum absolute atomic E-state index is 0. The largest absolute Gasteiger partial charge is 0.406 e. The van der Waals surface area contributed by atoms with Gasteiger partial charge in [-0.1, -0.05) is 0 Å². The number of fused-ring (bicyclic) bond motifs is 1. The Morgan fingerprint density at radius 2 is 2.04 bits per heavy atom. The van der Waals surface area contributed by atoms with Gasteiger partial charge in [0, 0.05) is 19.0 Å². The molecule has 1 saturated heterocycles. The number of alkyl halides is 3. The predicted molar refractivity (Wildman–Crippen MR) is 90.9 cm³/mol. The van der Waals surface area contributed by atoms with Crippen molar-refractivity contribution in [3.05, 3.63) is 33.9 Å².